The van der Waals surface area contributed by atoms with Gasteiger partial charge in [0.25, 0.3) is 0 Å². The number of carbonyl (C=O) groups excluding carboxylic acids is 1. The van der Waals surface area contributed by atoms with E-state index in [1.807, 2.05) is 0 Å². The van der Waals surface area contributed by atoms with Crippen LogP contribution in [0.5, 0.6) is 0 Å². The molecule has 0 saturated heterocycles. The average Bonchev–Trinajstić information content (AvgIpc) is 3.03. The minimum absolute atomic E-state index is 0.192. The van der Waals surface area contributed by atoms with Gasteiger partial charge in [-0.2, -0.15) is 4.39 Å². The Balaban J connectivity index is 1.56. The molecule has 0 spiro atoms. The predicted molar refractivity (Wildman–Crippen MR) is 113 cm³/mol. The van der Waals surface area contributed by atoms with Crippen LogP contribution in [0.25, 0.3) is 11.2 Å². The summed E-state index contributed by atoms with van der Waals surface area (Å²) in [5, 5.41) is 24.1. The molecule has 11 heteroatoms. The van der Waals surface area contributed by atoms with Crippen molar-refractivity contribution in [3.8, 4) is 11.8 Å². The fraction of sp³-hybridized carbons (Fsp3) is 0.429. The van der Waals surface area contributed by atoms with Gasteiger partial charge in [0.1, 0.15) is 11.5 Å². The molecule has 0 radical (unpaired) electrons. The number of rotatable bonds is 4. The highest BCUT2D eigenvalue weighted by atomic mass is 32.1. The third kappa shape index (κ3) is 2.98. The maximum absolute atomic E-state index is 13.2. The van der Waals surface area contributed by atoms with E-state index in [0.29, 0.717) is 28.3 Å². The molecule has 2 saturated carbocycles. The average molecular weight is 457 g/mol. The molecule has 2 fully saturated rings. The molecular formula is C21H20FN5O4S. The molecule has 2 aliphatic carbocycles. The van der Waals surface area contributed by atoms with Crippen LogP contribution in [0.1, 0.15) is 30.1 Å². The summed E-state index contributed by atoms with van der Waals surface area (Å²) >= 11 is 0.925. The molecular weight excluding hydrogens is 437 g/mol. The van der Waals surface area contributed by atoms with E-state index in [2.05, 4.69) is 32.1 Å². The van der Waals surface area contributed by atoms with Crippen LogP contribution >= 0.6 is 11.3 Å². The van der Waals surface area contributed by atoms with Crippen molar-refractivity contribution in [3.05, 3.63) is 34.3 Å². The molecule has 0 aromatic carbocycles. The lowest BCUT2D eigenvalue weighted by atomic mass is 9.99. The standard InChI is InChI=1S/C21H20FN5O4S/c1-3-31-20(30)21-8-11(21)15(16(28)17(21)29)27-9-24-14-18(23-2)25-13(26-19(14)27)7-5-10-4-6-12(22)32-10/h4,6,9,11,15-17,28-29H,3,8H2,1-2H3,(H,23,25,26)/t11-,15-,16+,17+,21+/m1/s1. The van der Waals surface area contributed by atoms with Crippen LogP contribution in [0.4, 0.5) is 10.2 Å². The zero-order valence-electron chi connectivity index (χ0n) is 17.2. The molecule has 32 heavy (non-hydrogen) atoms. The molecule has 3 aromatic heterocycles. The number of imidazole rings is 1. The van der Waals surface area contributed by atoms with Gasteiger partial charge in [-0.05, 0) is 37.3 Å². The Morgan fingerprint density at radius 3 is 2.91 bits per heavy atom. The maximum atomic E-state index is 13.2. The summed E-state index contributed by atoms with van der Waals surface area (Å²) in [6.07, 6.45) is -0.499. The molecule has 0 amide bonds. The van der Waals surface area contributed by atoms with Gasteiger partial charge in [0.2, 0.25) is 5.82 Å². The van der Waals surface area contributed by atoms with E-state index in [1.54, 1.807) is 24.6 Å². The van der Waals surface area contributed by atoms with Gasteiger partial charge in [0, 0.05) is 13.0 Å². The van der Waals surface area contributed by atoms with Crippen molar-refractivity contribution < 1.29 is 24.1 Å². The van der Waals surface area contributed by atoms with Gasteiger partial charge in [-0.25, -0.2) is 15.0 Å². The van der Waals surface area contributed by atoms with Gasteiger partial charge in [0.05, 0.1) is 30.0 Å². The summed E-state index contributed by atoms with van der Waals surface area (Å²) in [6, 6.07) is 2.31. The Bertz CT molecular complexity index is 1280. The number of aromatic nitrogens is 4. The number of hydrogen-bond donors (Lipinski definition) is 3. The number of esters is 1. The van der Waals surface area contributed by atoms with Gasteiger partial charge < -0.3 is 24.8 Å². The van der Waals surface area contributed by atoms with Crippen molar-refractivity contribution in [2.24, 2.45) is 11.3 Å². The number of nitrogens with one attached hydrogen (secondary N) is 1. The number of hydrogen-bond acceptors (Lipinski definition) is 9. The van der Waals surface area contributed by atoms with Gasteiger partial charge in [0.15, 0.2) is 22.1 Å². The lowest BCUT2D eigenvalue weighted by Crippen LogP contribution is -2.38. The maximum Gasteiger partial charge on any atom is 0.315 e. The number of ether oxygens (including phenoxy) is 1. The highest BCUT2D eigenvalue weighted by Crippen LogP contribution is 2.68. The van der Waals surface area contributed by atoms with Crippen molar-refractivity contribution >= 4 is 34.3 Å². The topological polar surface area (TPSA) is 122 Å². The molecule has 0 bridgehead atoms. The van der Waals surface area contributed by atoms with E-state index in [4.69, 9.17) is 4.74 Å². The van der Waals surface area contributed by atoms with E-state index in [1.165, 1.54) is 12.4 Å². The summed E-state index contributed by atoms with van der Waals surface area (Å²) in [5.41, 5.74) is -0.230. The van der Waals surface area contributed by atoms with Crippen LogP contribution in [0.2, 0.25) is 0 Å². The zero-order valence-corrected chi connectivity index (χ0v) is 18.1. The minimum Gasteiger partial charge on any atom is -0.465 e. The summed E-state index contributed by atoms with van der Waals surface area (Å²) < 4.78 is 20.1. The molecule has 3 heterocycles. The van der Waals surface area contributed by atoms with Crippen LogP contribution in [-0.2, 0) is 9.53 Å². The van der Waals surface area contributed by atoms with Crippen molar-refractivity contribution in [3.63, 3.8) is 0 Å². The minimum atomic E-state index is -1.24. The van der Waals surface area contributed by atoms with E-state index in [0.717, 1.165) is 11.3 Å². The first kappa shape index (κ1) is 20.8. The lowest BCUT2D eigenvalue weighted by Gasteiger charge is -2.23. The third-order valence-electron chi connectivity index (χ3n) is 6.18. The largest absolute Gasteiger partial charge is 0.465 e. The Kier molecular flexibility index (Phi) is 4.88. The van der Waals surface area contributed by atoms with Crippen LogP contribution in [-0.4, -0.2) is 61.6 Å². The van der Waals surface area contributed by atoms with Crippen molar-refractivity contribution in [1.82, 2.24) is 19.5 Å². The quantitative estimate of drug-likeness (QED) is 0.396. The van der Waals surface area contributed by atoms with E-state index >= 15 is 0 Å². The molecule has 0 unspecified atom stereocenters. The predicted octanol–water partition coefficient (Wildman–Crippen LogP) is 1.31. The smallest absolute Gasteiger partial charge is 0.315 e. The van der Waals surface area contributed by atoms with E-state index in [9.17, 15) is 19.4 Å². The van der Waals surface area contributed by atoms with E-state index in [-0.39, 0.29) is 23.5 Å². The molecule has 166 valence electrons. The zero-order chi connectivity index (χ0) is 22.6. The Morgan fingerprint density at radius 2 is 2.22 bits per heavy atom. The second-order valence-corrected chi connectivity index (χ2v) is 8.86. The summed E-state index contributed by atoms with van der Waals surface area (Å²) in [7, 11) is 1.69. The second-order valence-electron chi connectivity index (χ2n) is 7.82. The number of carbonyl (C=O) groups is 1. The lowest BCUT2D eigenvalue weighted by molar-refractivity contribution is -0.156. The number of nitrogens with zero attached hydrogens (tertiary/aromatic N) is 4. The number of thiophene rings is 1. The first-order valence-corrected chi connectivity index (χ1v) is 11.0. The fourth-order valence-corrected chi connectivity index (χ4v) is 5.23. The Labute approximate surface area is 186 Å². The number of fused-ring (bicyclic) bond motifs is 2. The normalized spacial score (nSPS) is 28.2. The van der Waals surface area contributed by atoms with Gasteiger partial charge in [-0.1, -0.05) is 11.3 Å². The Morgan fingerprint density at radius 1 is 1.41 bits per heavy atom. The van der Waals surface area contributed by atoms with Gasteiger partial charge >= 0.3 is 5.97 Å². The number of anilines is 1. The van der Waals surface area contributed by atoms with Crippen LogP contribution in [0.3, 0.4) is 0 Å². The number of aliphatic hydroxyl groups excluding tert-OH is 2. The molecule has 5 atom stereocenters. The van der Waals surface area contributed by atoms with Crippen LogP contribution in [0.15, 0.2) is 18.5 Å². The monoisotopic (exact) mass is 457 g/mol. The van der Waals surface area contributed by atoms with Crippen molar-refractivity contribution in [2.45, 2.75) is 31.6 Å². The highest BCUT2D eigenvalue weighted by Gasteiger charge is 2.76. The summed E-state index contributed by atoms with van der Waals surface area (Å²) in [4.78, 5) is 26.3. The highest BCUT2D eigenvalue weighted by molar-refractivity contribution is 7.10. The fourth-order valence-electron chi connectivity index (χ4n) is 4.64. The number of halogens is 1. The summed E-state index contributed by atoms with van der Waals surface area (Å²) in [5.74, 6) is 5.51. The number of aliphatic hydroxyl groups is 2. The molecule has 0 aliphatic heterocycles. The first-order valence-electron chi connectivity index (χ1n) is 10.1. The molecule has 3 aromatic rings. The Hall–Kier alpha value is -3.07. The summed E-state index contributed by atoms with van der Waals surface area (Å²) in [6.45, 7) is 1.90. The molecule has 9 nitrogen and oxygen atoms in total. The molecule has 5 rings (SSSR count). The molecule has 3 N–H and O–H groups in total. The van der Waals surface area contributed by atoms with Crippen molar-refractivity contribution in [2.75, 3.05) is 19.0 Å². The van der Waals surface area contributed by atoms with Crippen molar-refractivity contribution in [1.29, 1.82) is 0 Å². The van der Waals surface area contributed by atoms with E-state index < -0.39 is 29.6 Å². The second kappa shape index (κ2) is 7.51. The third-order valence-corrected chi connectivity index (χ3v) is 6.97. The first-order chi connectivity index (χ1) is 15.4. The van der Waals surface area contributed by atoms with Crippen LogP contribution < -0.4 is 5.32 Å². The molecule has 2 aliphatic rings. The SMILES string of the molecule is CCOC(=O)[C@@]12C[C@@H]1[C@@H](n1cnc3c(NC)nc(C#Cc4ccc(F)s4)nc31)[C@H](O)[C@@H]2O. The van der Waals surface area contributed by atoms with Crippen LogP contribution in [0, 0.1) is 28.3 Å². The van der Waals surface area contributed by atoms with Gasteiger partial charge in [-0.3, -0.25) is 4.79 Å². The van der Waals surface area contributed by atoms with Gasteiger partial charge in [-0.15, -0.1) is 0 Å².